The van der Waals surface area contributed by atoms with Crippen LogP contribution in [-0.4, -0.2) is 25.1 Å². The Morgan fingerprint density at radius 3 is 2.75 bits per heavy atom. The molecule has 24 heavy (non-hydrogen) atoms. The van der Waals surface area contributed by atoms with Crippen LogP contribution in [0.4, 0.5) is 0 Å². The minimum Gasteiger partial charge on any atom is -0.334 e. The lowest BCUT2D eigenvalue weighted by atomic mass is 10.2. The molecule has 0 saturated carbocycles. The Kier molecular flexibility index (Phi) is 3.65. The largest absolute Gasteiger partial charge is 0.334 e. The van der Waals surface area contributed by atoms with Crippen LogP contribution in [-0.2, 0) is 0 Å². The van der Waals surface area contributed by atoms with Crippen LogP contribution in [0.15, 0.2) is 51.5 Å². The van der Waals surface area contributed by atoms with Gasteiger partial charge in [-0.1, -0.05) is 22.5 Å². The summed E-state index contributed by atoms with van der Waals surface area (Å²) >= 11 is 3.50. The Morgan fingerprint density at radius 2 is 1.96 bits per heavy atom. The highest BCUT2D eigenvalue weighted by molar-refractivity contribution is 9.10. The van der Waals surface area contributed by atoms with Gasteiger partial charge in [-0.3, -0.25) is 0 Å². The molecular formula is C17H14BrN5O. The van der Waals surface area contributed by atoms with Gasteiger partial charge in [0, 0.05) is 16.1 Å². The van der Waals surface area contributed by atoms with Crippen molar-refractivity contribution in [2.75, 3.05) is 0 Å². The molecule has 0 atom stereocenters. The van der Waals surface area contributed by atoms with Crippen LogP contribution in [0.3, 0.4) is 0 Å². The van der Waals surface area contributed by atoms with Gasteiger partial charge in [-0.2, -0.15) is 4.98 Å². The number of benzene rings is 2. The summed E-state index contributed by atoms with van der Waals surface area (Å²) in [4.78, 5) is 4.50. The van der Waals surface area contributed by atoms with E-state index in [1.165, 1.54) is 0 Å². The Labute approximate surface area is 146 Å². The van der Waals surface area contributed by atoms with E-state index in [1.807, 2.05) is 47.1 Å². The highest BCUT2D eigenvalue weighted by Gasteiger charge is 2.15. The number of hydrogen-bond donors (Lipinski definition) is 0. The molecule has 0 radical (unpaired) electrons. The van der Waals surface area contributed by atoms with Crippen LogP contribution in [0.25, 0.3) is 33.9 Å². The fourth-order valence-electron chi connectivity index (χ4n) is 2.55. The van der Waals surface area contributed by atoms with Crippen LogP contribution in [0.5, 0.6) is 0 Å². The lowest BCUT2D eigenvalue weighted by molar-refractivity contribution is 0.432. The molecule has 2 aromatic carbocycles. The monoisotopic (exact) mass is 383 g/mol. The van der Waals surface area contributed by atoms with Crippen molar-refractivity contribution in [3.05, 3.63) is 46.9 Å². The number of hydrogen-bond acceptors (Lipinski definition) is 5. The maximum absolute atomic E-state index is 5.41. The van der Waals surface area contributed by atoms with E-state index in [4.69, 9.17) is 4.52 Å². The van der Waals surface area contributed by atoms with E-state index in [-0.39, 0.29) is 6.04 Å². The molecule has 0 aliphatic carbocycles. The first-order valence-corrected chi connectivity index (χ1v) is 8.36. The van der Waals surface area contributed by atoms with Crippen molar-refractivity contribution in [2.24, 2.45) is 0 Å². The zero-order valence-electron chi connectivity index (χ0n) is 13.1. The maximum Gasteiger partial charge on any atom is 0.259 e. The van der Waals surface area contributed by atoms with E-state index < -0.39 is 0 Å². The van der Waals surface area contributed by atoms with E-state index >= 15 is 0 Å². The third-order valence-corrected chi connectivity index (χ3v) is 4.44. The molecule has 4 rings (SSSR count). The Balaban J connectivity index is 1.75. The third-order valence-electron chi connectivity index (χ3n) is 3.75. The Hall–Kier alpha value is -2.54. The average Bonchev–Trinajstić information content (AvgIpc) is 3.21. The summed E-state index contributed by atoms with van der Waals surface area (Å²) in [5, 5.41) is 12.5. The van der Waals surface area contributed by atoms with Crippen molar-refractivity contribution >= 4 is 27.0 Å². The van der Waals surface area contributed by atoms with Crippen molar-refractivity contribution < 1.29 is 4.52 Å². The fraction of sp³-hybridized carbons (Fsp3) is 0.176. The van der Waals surface area contributed by atoms with Gasteiger partial charge in [-0.25, -0.2) is 4.68 Å². The molecule has 7 heteroatoms. The molecule has 0 bridgehead atoms. The first kappa shape index (κ1) is 15.0. The van der Waals surface area contributed by atoms with Gasteiger partial charge in [-0.15, -0.1) is 5.10 Å². The molecule has 120 valence electrons. The normalized spacial score (nSPS) is 11.5. The number of halogens is 1. The van der Waals surface area contributed by atoms with Gasteiger partial charge in [-0.05, 0) is 60.1 Å². The summed E-state index contributed by atoms with van der Waals surface area (Å²) in [5.74, 6) is 1.00. The Bertz CT molecular complexity index is 1020. The molecule has 0 N–H and O–H groups in total. The second kappa shape index (κ2) is 5.83. The molecule has 2 aromatic heterocycles. The van der Waals surface area contributed by atoms with Gasteiger partial charge >= 0.3 is 0 Å². The highest BCUT2D eigenvalue weighted by atomic mass is 79.9. The predicted molar refractivity (Wildman–Crippen MR) is 94.3 cm³/mol. The van der Waals surface area contributed by atoms with Crippen LogP contribution < -0.4 is 0 Å². The lowest BCUT2D eigenvalue weighted by Crippen LogP contribution is -2.02. The minimum absolute atomic E-state index is 0.257. The van der Waals surface area contributed by atoms with Crippen LogP contribution in [0, 0.1) is 0 Å². The quantitative estimate of drug-likeness (QED) is 0.521. The van der Waals surface area contributed by atoms with Crippen LogP contribution >= 0.6 is 15.9 Å². The van der Waals surface area contributed by atoms with Gasteiger partial charge < -0.3 is 4.52 Å². The van der Waals surface area contributed by atoms with Crippen LogP contribution in [0.2, 0.25) is 0 Å². The molecule has 0 saturated heterocycles. The first-order valence-electron chi connectivity index (χ1n) is 7.57. The molecule has 0 amide bonds. The summed E-state index contributed by atoms with van der Waals surface area (Å²) in [7, 11) is 0. The van der Waals surface area contributed by atoms with Crippen molar-refractivity contribution in [2.45, 2.75) is 19.9 Å². The second-order valence-electron chi connectivity index (χ2n) is 5.73. The number of fused-ring (bicyclic) bond motifs is 1. The molecule has 0 aliphatic rings. The number of rotatable bonds is 3. The van der Waals surface area contributed by atoms with Crippen molar-refractivity contribution in [3.63, 3.8) is 0 Å². The SMILES string of the molecule is CC(C)n1nnc2cc(-c3noc(-c4ccccc4Br)n3)ccc21. The van der Waals surface area contributed by atoms with Crippen molar-refractivity contribution in [3.8, 4) is 22.8 Å². The van der Waals surface area contributed by atoms with Crippen molar-refractivity contribution in [1.29, 1.82) is 0 Å². The second-order valence-corrected chi connectivity index (χ2v) is 6.59. The van der Waals surface area contributed by atoms with Gasteiger partial charge in [0.1, 0.15) is 5.52 Å². The zero-order chi connectivity index (χ0) is 16.7. The predicted octanol–water partition coefficient (Wildman–Crippen LogP) is 4.49. The van der Waals surface area contributed by atoms with Crippen molar-refractivity contribution in [1.82, 2.24) is 25.1 Å². The van der Waals surface area contributed by atoms with E-state index in [0.29, 0.717) is 11.7 Å². The molecule has 0 fully saturated rings. The Morgan fingerprint density at radius 1 is 1.12 bits per heavy atom. The van der Waals surface area contributed by atoms with E-state index in [2.05, 4.69) is 50.2 Å². The zero-order valence-corrected chi connectivity index (χ0v) is 14.7. The first-order chi connectivity index (χ1) is 11.6. The minimum atomic E-state index is 0.257. The molecule has 0 spiro atoms. The number of aromatic nitrogens is 5. The highest BCUT2D eigenvalue weighted by Crippen LogP contribution is 2.29. The topological polar surface area (TPSA) is 69.6 Å². The molecule has 4 aromatic rings. The lowest BCUT2D eigenvalue weighted by Gasteiger charge is -2.04. The van der Waals surface area contributed by atoms with E-state index in [9.17, 15) is 0 Å². The number of nitrogens with zero attached hydrogens (tertiary/aromatic N) is 5. The maximum atomic E-state index is 5.41. The molecule has 6 nitrogen and oxygen atoms in total. The molecule has 2 heterocycles. The average molecular weight is 384 g/mol. The third kappa shape index (κ3) is 2.50. The smallest absolute Gasteiger partial charge is 0.259 e. The summed E-state index contributed by atoms with van der Waals surface area (Å²) in [5.41, 5.74) is 3.51. The molecule has 0 aliphatic heterocycles. The van der Waals surface area contributed by atoms with Gasteiger partial charge in [0.15, 0.2) is 0 Å². The van der Waals surface area contributed by atoms with Gasteiger partial charge in [0.25, 0.3) is 5.89 Å². The molecule has 0 unspecified atom stereocenters. The molecular weight excluding hydrogens is 370 g/mol. The summed E-state index contributed by atoms with van der Waals surface area (Å²) < 4.78 is 8.21. The van der Waals surface area contributed by atoms with Crippen LogP contribution in [0.1, 0.15) is 19.9 Å². The summed E-state index contributed by atoms with van der Waals surface area (Å²) in [6, 6.07) is 13.9. The van der Waals surface area contributed by atoms with Gasteiger partial charge in [0.2, 0.25) is 5.82 Å². The van der Waals surface area contributed by atoms with E-state index in [0.717, 1.165) is 26.6 Å². The summed E-state index contributed by atoms with van der Waals surface area (Å²) in [6.07, 6.45) is 0. The summed E-state index contributed by atoms with van der Waals surface area (Å²) in [6.45, 7) is 4.15. The van der Waals surface area contributed by atoms with Gasteiger partial charge in [0.05, 0.1) is 11.1 Å². The van der Waals surface area contributed by atoms with E-state index in [1.54, 1.807) is 0 Å². The fourth-order valence-corrected chi connectivity index (χ4v) is 3.00. The standard InChI is InChI=1S/C17H14BrN5O/c1-10(2)23-15-8-7-11(9-14(15)20-22-23)16-19-17(24-21-16)12-5-3-4-6-13(12)18/h3-10H,1-2H3.